The molecule has 0 aliphatic carbocycles. The maximum atomic E-state index is 5.98. The van der Waals surface area contributed by atoms with Crippen LogP contribution in [-0.2, 0) is 19.6 Å². The third-order valence-electron chi connectivity index (χ3n) is 5.04. The zero-order chi connectivity index (χ0) is 18.1. The Morgan fingerprint density at radius 1 is 0.852 bits per heavy atom. The molecule has 132 valence electrons. The van der Waals surface area contributed by atoms with Crippen molar-refractivity contribution in [1.82, 2.24) is 9.78 Å². The predicted molar refractivity (Wildman–Crippen MR) is 108 cm³/mol. The van der Waals surface area contributed by atoms with Crippen LogP contribution in [0.2, 0.25) is 0 Å². The molecule has 0 saturated carbocycles. The topological polar surface area (TPSA) is 27.1 Å². The molecule has 0 fully saturated rings. The fraction of sp³-hybridized carbons (Fsp3) is 0.125. The molecule has 3 aromatic carbocycles. The van der Waals surface area contributed by atoms with Crippen LogP contribution < -0.4 is 4.74 Å². The Morgan fingerprint density at radius 3 is 2.63 bits per heavy atom. The Kier molecular flexibility index (Phi) is 3.98. The van der Waals surface area contributed by atoms with E-state index in [-0.39, 0.29) is 0 Å². The first-order valence-electron chi connectivity index (χ1n) is 9.30. The quantitative estimate of drug-likeness (QED) is 0.495. The van der Waals surface area contributed by atoms with Crippen LogP contribution in [0.15, 0.2) is 84.9 Å². The fourth-order valence-electron chi connectivity index (χ4n) is 3.65. The standard InChI is InChI=1S/C24H20N2O/c1-2-7-18(8-3-1)17-27-21-11-6-10-20(15-21)23-16-24-22-12-5-4-9-19(22)13-14-26(24)25-23/h1-12,15-16H,13-14,17H2. The molecule has 4 aromatic rings. The zero-order valence-corrected chi connectivity index (χ0v) is 15.0. The number of benzene rings is 3. The van der Waals surface area contributed by atoms with Crippen LogP contribution in [0.4, 0.5) is 0 Å². The monoisotopic (exact) mass is 352 g/mol. The summed E-state index contributed by atoms with van der Waals surface area (Å²) in [6, 6.07) is 29.2. The van der Waals surface area contributed by atoms with Crippen LogP contribution in [0.25, 0.3) is 22.5 Å². The summed E-state index contributed by atoms with van der Waals surface area (Å²) in [5.41, 5.74) is 7.13. The summed E-state index contributed by atoms with van der Waals surface area (Å²) >= 11 is 0. The molecule has 1 aliphatic heterocycles. The fourth-order valence-corrected chi connectivity index (χ4v) is 3.65. The molecule has 0 atom stereocenters. The first kappa shape index (κ1) is 15.9. The van der Waals surface area contributed by atoms with Crippen molar-refractivity contribution in [2.45, 2.75) is 19.6 Å². The van der Waals surface area contributed by atoms with Crippen molar-refractivity contribution in [2.75, 3.05) is 0 Å². The molecule has 0 unspecified atom stereocenters. The lowest BCUT2D eigenvalue weighted by atomic mass is 9.98. The molecule has 2 heterocycles. The molecule has 1 aromatic heterocycles. The van der Waals surface area contributed by atoms with Gasteiger partial charge in [0.2, 0.25) is 0 Å². The summed E-state index contributed by atoms with van der Waals surface area (Å²) in [6.45, 7) is 1.49. The van der Waals surface area contributed by atoms with Gasteiger partial charge in [-0.1, -0.05) is 66.7 Å². The van der Waals surface area contributed by atoms with E-state index in [1.165, 1.54) is 16.8 Å². The second kappa shape index (κ2) is 6.76. The second-order valence-electron chi connectivity index (χ2n) is 6.85. The van der Waals surface area contributed by atoms with Crippen LogP contribution in [-0.4, -0.2) is 9.78 Å². The molecular formula is C24H20N2O. The molecule has 0 N–H and O–H groups in total. The van der Waals surface area contributed by atoms with Gasteiger partial charge in [0.25, 0.3) is 0 Å². The van der Waals surface area contributed by atoms with E-state index in [2.05, 4.69) is 59.3 Å². The minimum atomic E-state index is 0.567. The maximum absolute atomic E-state index is 5.98. The molecule has 5 rings (SSSR count). The lowest BCUT2D eigenvalue weighted by Crippen LogP contribution is -2.11. The van der Waals surface area contributed by atoms with Crippen LogP contribution in [0.3, 0.4) is 0 Å². The number of fused-ring (bicyclic) bond motifs is 3. The van der Waals surface area contributed by atoms with E-state index in [0.717, 1.165) is 35.5 Å². The van der Waals surface area contributed by atoms with Gasteiger partial charge in [0.15, 0.2) is 0 Å². The normalized spacial score (nSPS) is 12.3. The summed E-state index contributed by atoms with van der Waals surface area (Å²) in [4.78, 5) is 0. The molecule has 0 radical (unpaired) electrons. The summed E-state index contributed by atoms with van der Waals surface area (Å²) in [5, 5.41) is 4.84. The number of rotatable bonds is 4. The summed E-state index contributed by atoms with van der Waals surface area (Å²) in [5.74, 6) is 0.864. The van der Waals surface area contributed by atoms with Gasteiger partial charge in [-0.3, -0.25) is 4.68 Å². The lowest BCUT2D eigenvalue weighted by molar-refractivity contribution is 0.306. The Morgan fingerprint density at radius 2 is 1.70 bits per heavy atom. The number of nitrogens with zero attached hydrogens (tertiary/aromatic N) is 2. The van der Waals surface area contributed by atoms with E-state index in [1.54, 1.807) is 0 Å². The van der Waals surface area contributed by atoms with Gasteiger partial charge in [-0.25, -0.2) is 0 Å². The average molecular weight is 352 g/mol. The smallest absolute Gasteiger partial charge is 0.120 e. The summed E-state index contributed by atoms with van der Waals surface area (Å²) < 4.78 is 8.10. The number of aryl methyl sites for hydroxylation is 2. The minimum absolute atomic E-state index is 0.567. The Balaban J connectivity index is 1.42. The van der Waals surface area contributed by atoms with Crippen LogP contribution in [0.1, 0.15) is 11.1 Å². The Bertz CT molecular complexity index is 1080. The van der Waals surface area contributed by atoms with Crippen molar-refractivity contribution < 1.29 is 4.74 Å². The summed E-state index contributed by atoms with van der Waals surface area (Å²) in [7, 11) is 0. The first-order chi connectivity index (χ1) is 13.4. The molecule has 0 spiro atoms. The molecular weight excluding hydrogens is 332 g/mol. The van der Waals surface area contributed by atoms with E-state index in [1.807, 2.05) is 30.3 Å². The molecule has 0 amide bonds. The van der Waals surface area contributed by atoms with E-state index >= 15 is 0 Å². The third kappa shape index (κ3) is 3.13. The van der Waals surface area contributed by atoms with Crippen LogP contribution in [0.5, 0.6) is 5.75 Å². The number of hydrogen-bond acceptors (Lipinski definition) is 2. The van der Waals surface area contributed by atoms with Crippen molar-refractivity contribution in [3.63, 3.8) is 0 Å². The van der Waals surface area contributed by atoms with Gasteiger partial charge in [-0.05, 0) is 35.7 Å². The molecule has 27 heavy (non-hydrogen) atoms. The van der Waals surface area contributed by atoms with Crippen LogP contribution in [0, 0.1) is 0 Å². The molecule has 3 nitrogen and oxygen atoms in total. The molecule has 1 aliphatic rings. The van der Waals surface area contributed by atoms with Gasteiger partial charge in [-0.2, -0.15) is 5.10 Å². The lowest BCUT2D eigenvalue weighted by Gasteiger charge is -2.17. The zero-order valence-electron chi connectivity index (χ0n) is 15.0. The third-order valence-corrected chi connectivity index (χ3v) is 5.04. The largest absolute Gasteiger partial charge is 0.489 e. The van der Waals surface area contributed by atoms with Crippen molar-refractivity contribution in [3.05, 3.63) is 96.1 Å². The highest BCUT2D eigenvalue weighted by Crippen LogP contribution is 2.33. The molecule has 0 bridgehead atoms. The van der Waals surface area contributed by atoms with Crippen molar-refractivity contribution in [2.24, 2.45) is 0 Å². The first-order valence-corrected chi connectivity index (χ1v) is 9.30. The van der Waals surface area contributed by atoms with Crippen molar-refractivity contribution in [3.8, 4) is 28.3 Å². The van der Waals surface area contributed by atoms with Crippen molar-refractivity contribution >= 4 is 0 Å². The highest BCUT2D eigenvalue weighted by atomic mass is 16.5. The Labute approximate surface area is 158 Å². The average Bonchev–Trinajstić information content (AvgIpc) is 3.18. The molecule has 3 heteroatoms. The minimum Gasteiger partial charge on any atom is -0.489 e. The number of aromatic nitrogens is 2. The molecule has 0 saturated heterocycles. The second-order valence-corrected chi connectivity index (χ2v) is 6.85. The van der Waals surface area contributed by atoms with Gasteiger partial charge in [0.1, 0.15) is 12.4 Å². The number of hydrogen-bond donors (Lipinski definition) is 0. The Hall–Kier alpha value is -3.33. The van der Waals surface area contributed by atoms with Gasteiger partial charge < -0.3 is 4.74 Å². The number of ether oxygens (including phenoxy) is 1. The highest BCUT2D eigenvalue weighted by Gasteiger charge is 2.18. The maximum Gasteiger partial charge on any atom is 0.120 e. The van der Waals surface area contributed by atoms with Gasteiger partial charge >= 0.3 is 0 Å². The van der Waals surface area contributed by atoms with E-state index in [9.17, 15) is 0 Å². The van der Waals surface area contributed by atoms with Gasteiger partial charge in [0.05, 0.1) is 11.4 Å². The van der Waals surface area contributed by atoms with E-state index in [0.29, 0.717) is 6.61 Å². The van der Waals surface area contributed by atoms with Crippen LogP contribution >= 0.6 is 0 Å². The van der Waals surface area contributed by atoms with Gasteiger partial charge in [0, 0.05) is 17.7 Å². The highest BCUT2D eigenvalue weighted by molar-refractivity contribution is 5.72. The van der Waals surface area contributed by atoms with E-state index in [4.69, 9.17) is 9.84 Å². The predicted octanol–water partition coefficient (Wildman–Crippen LogP) is 5.35. The van der Waals surface area contributed by atoms with Gasteiger partial charge in [-0.15, -0.1) is 0 Å². The SMILES string of the molecule is c1ccc(COc2cccc(-c3cc4n(n3)CCc3ccccc3-4)c2)cc1. The van der Waals surface area contributed by atoms with E-state index < -0.39 is 0 Å². The summed E-state index contributed by atoms with van der Waals surface area (Å²) in [6.07, 6.45) is 1.03. The van der Waals surface area contributed by atoms with Crippen molar-refractivity contribution in [1.29, 1.82) is 0 Å².